The van der Waals surface area contributed by atoms with Gasteiger partial charge in [-0.05, 0) is 18.2 Å². The minimum absolute atomic E-state index is 0.0283. The third kappa shape index (κ3) is 4.26. The standard InChI is InChI=1S/C17H14ClN5O3S/c1-22-16(11-6-2-3-7-12(11)18)20-21-17(22)27-10-15(24)19-13-8-4-5-9-14(13)23(25)26/h2-9H,10H2,1H3,(H,19,24). The number of carbonyl (C=O) groups excluding carboxylic acids is 1. The van der Waals surface area contributed by atoms with E-state index in [1.807, 2.05) is 18.2 Å². The van der Waals surface area contributed by atoms with E-state index in [9.17, 15) is 14.9 Å². The molecule has 0 saturated carbocycles. The number of nitrogens with zero attached hydrogens (tertiary/aromatic N) is 4. The van der Waals surface area contributed by atoms with E-state index in [1.165, 1.54) is 23.9 Å². The van der Waals surface area contributed by atoms with Gasteiger partial charge in [-0.3, -0.25) is 14.9 Å². The highest BCUT2D eigenvalue weighted by atomic mass is 35.5. The number of para-hydroxylation sites is 2. The van der Waals surface area contributed by atoms with Crippen LogP contribution in [0.4, 0.5) is 11.4 Å². The third-order valence-corrected chi connectivity index (χ3v) is 5.01. The Kier molecular flexibility index (Phi) is 5.72. The summed E-state index contributed by atoms with van der Waals surface area (Å²) in [6.07, 6.45) is 0. The topological polar surface area (TPSA) is 103 Å². The lowest BCUT2D eigenvalue weighted by molar-refractivity contribution is -0.383. The molecule has 0 saturated heterocycles. The lowest BCUT2D eigenvalue weighted by Gasteiger charge is -2.06. The number of hydrogen-bond donors (Lipinski definition) is 1. The SMILES string of the molecule is Cn1c(SCC(=O)Nc2ccccc2[N+](=O)[O-])nnc1-c1ccccc1Cl. The molecule has 3 aromatic rings. The van der Waals surface area contributed by atoms with E-state index in [-0.39, 0.29) is 23.0 Å². The van der Waals surface area contributed by atoms with Gasteiger partial charge in [0.25, 0.3) is 5.69 Å². The van der Waals surface area contributed by atoms with E-state index in [4.69, 9.17) is 11.6 Å². The molecule has 138 valence electrons. The van der Waals surface area contributed by atoms with Crippen LogP contribution in [-0.2, 0) is 11.8 Å². The van der Waals surface area contributed by atoms with Crippen molar-refractivity contribution in [2.24, 2.45) is 7.05 Å². The Morgan fingerprint density at radius 3 is 2.67 bits per heavy atom. The Morgan fingerprint density at radius 2 is 1.93 bits per heavy atom. The maximum absolute atomic E-state index is 12.2. The van der Waals surface area contributed by atoms with Gasteiger partial charge >= 0.3 is 0 Å². The first kappa shape index (κ1) is 18.9. The minimum atomic E-state index is -0.540. The van der Waals surface area contributed by atoms with E-state index in [0.29, 0.717) is 16.0 Å². The van der Waals surface area contributed by atoms with Crippen molar-refractivity contribution < 1.29 is 9.72 Å². The average molecular weight is 404 g/mol. The highest BCUT2D eigenvalue weighted by Gasteiger charge is 2.17. The fourth-order valence-corrected chi connectivity index (χ4v) is 3.30. The van der Waals surface area contributed by atoms with Crippen LogP contribution in [0.2, 0.25) is 5.02 Å². The number of nitro groups is 1. The Labute approximate surface area is 163 Å². The first-order valence-corrected chi connectivity index (χ1v) is 9.14. The molecular formula is C17H14ClN5O3S. The van der Waals surface area contributed by atoms with Gasteiger partial charge in [-0.15, -0.1) is 10.2 Å². The van der Waals surface area contributed by atoms with E-state index >= 15 is 0 Å². The van der Waals surface area contributed by atoms with Crippen molar-refractivity contribution in [3.63, 3.8) is 0 Å². The average Bonchev–Trinajstić information content (AvgIpc) is 3.01. The normalized spacial score (nSPS) is 10.6. The van der Waals surface area contributed by atoms with Crippen LogP contribution in [0.25, 0.3) is 11.4 Å². The van der Waals surface area contributed by atoms with Gasteiger partial charge in [-0.25, -0.2) is 0 Å². The number of thioether (sulfide) groups is 1. The molecule has 0 unspecified atom stereocenters. The van der Waals surface area contributed by atoms with Crippen LogP contribution in [0.1, 0.15) is 0 Å². The molecular weight excluding hydrogens is 390 g/mol. The van der Waals surface area contributed by atoms with E-state index < -0.39 is 4.92 Å². The van der Waals surface area contributed by atoms with Gasteiger partial charge in [0.05, 0.1) is 15.7 Å². The van der Waals surface area contributed by atoms with Gasteiger partial charge in [0.2, 0.25) is 5.91 Å². The quantitative estimate of drug-likeness (QED) is 0.381. The van der Waals surface area contributed by atoms with Crippen molar-refractivity contribution in [1.29, 1.82) is 0 Å². The van der Waals surface area contributed by atoms with Crippen LogP contribution in [0.3, 0.4) is 0 Å². The smallest absolute Gasteiger partial charge is 0.292 e. The van der Waals surface area contributed by atoms with Gasteiger partial charge < -0.3 is 9.88 Å². The second-order valence-corrected chi connectivity index (χ2v) is 6.81. The summed E-state index contributed by atoms with van der Waals surface area (Å²) in [6, 6.07) is 13.3. The highest BCUT2D eigenvalue weighted by molar-refractivity contribution is 7.99. The van der Waals surface area contributed by atoms with Crippen molar-refractivity contribution in [3.8, 4) is 11.4 Å². The second kappa shape index (κ2) is 8.19. The van der Waals surface area contributed by atoms with Gasteiger partial charge in [0.1, 0.15) is 5.69 Å². The van der Waals surface area contributed by atoms with Crippen LogP contribution in [0.15, 0.2) is 53.7 Å². The Morgan fingerprint density at radius 1 is 1.22 bits per heavy atom. The molecule has 0 bridgehead atoms. The number of halogens is 1. The van der Waals surface area contributed by atoms with Crippen LogP contribution in [0, 0.1) is 10.1 Å². The highest BCUT2D eigenvalue weighted by Crippen LogP contribution is 2.28. The summed E-state index contributed by atoms with van der Waals surface area (Å²) >= 11 is 7.37. The van der Waals surface area contributed by atoms with E-state index in [0.717, 1.165) is 5.56 Å². The number of amides is 1. The lowest BCUT2D eigenvalue weighted by Crippen LogP contribution is -2.15. The number of carbonyl (C=O) groups is 1. The molecule has 1 heterocycles. The molecule has 0 aliphatic carbocycles. The van der Waals surface area contributed by atoms with Crippen LogP contribution in [0.5, 0.6) is 0 Å². The molecule has 2 aromatic carbocycles. The number of rotatable bonds is 6. The van der Waals surface area contributed by atoms with Crippen LogP contribution < -0.4 is 5.32 Å². The van der Waals surface area contributed by atoms with Gasteiger partial charge in [-0.2, -0.15) is 0 Å². The van der Waals surface area contributed by atoms with E-state index in [2.05, 4.69) is 15.5 Å². The molecule has 8 nitrogen and oxygen atoms in total. The van der Waals surface area contributed by atoms with Crippen molar-refractivity contribution >= 4 is 40.6 Å². The molecule has 1 amide bonds. The Bertz CT molecular complexity index is 1010. The number of aromatic nitrogens is 3. The van der Waals surface area contributed by atoms with Gasteiger partial charge in [0, 0.05) is 18.7 Å². The molecule has 10 heteroatoms. The minimum Gasteiger partial charge on any atom is -0.320 e. The molecule has 27 heavy (non-hydrogen) atoms. The number of benzene rings is 2. The van der Waals surface area contributed by atoms with Crippen molar-refractivity contribution in [1.82, 2.24) is 14.8 Å². The summed E-state index contributed by atoms with van der Waals surface area (Å²) in [5, 5.41) is 22.9. The summed E-state index contributed by atoms with van der Waals surface area (Å²) in [6.45, 7) is 0. The maximum atomic E-state index is 12.2. The number of nitrogens with one attached hydrogen (secondary N) is 1. The first-order valence-electron chi connectivity index (χ1n) is 7.77. The molecule has 0 spiro atoms. The van der Waals surface area contributed by atoms with Crippen LogP contribution >= 0.6 is 23.4 Å². The number of hydrogen-bond acceptors (Lipinski definition) is 6. The number of nitro benzene ring substituents is 1. The fraction of sp³-hybridized carbons (Fsp3) is 0.118. The van der Waals surface area contributed by atoms with Gasteiger partial charge in [-0.1, -0.05) is 47.6 Å². The molecule has 0 fully saturated rings. The zero-order valence-corrected chi connectivity index (χ0v) is 15.7. The first-order chi connectivity index (χ1) is 13.0. The Balaban J connectivity index is 1.69. The summed E-state index contributed by atoms with van der Waals surface area (Å²) in [5.41, 5.74) is 0.740. The fourth-order valence-electron chi connectivity index (χ4n) is 2.37. The summed E-state index contributed by atoms with van der Waals surface area (Å²) in [4.78, 5) is 22.6. The van der Waals surface area contributed by atoms with Crippen molar-refractivity contribution in [2.75, 3.05) is 11.1 Å². The van der Waals surface area contributed by atoms with Crippen LogP contribution in [-0.4, -0.2) is 31.3 Å². The zero-order chi connectivity index (χ0) is 19.4. The lowest BCUT2D eigenvalue weighted by atomic mass is 10.2. The summed E-state index contributed by atoms with van der Waals surface area (Å²) in [5.74, 6) is 0.236. The largest absolute Gasteiger partial charge is 0.320 e. The third-order valence-electron chi connectivity index (χ3n) is 3.66. The summed E-state index contributed by atoms with van der Waals surface area (Å²) < 4.78 is 1.74. The molecule has 3 rings (SSSR count). The van der Waals surface area contributed by atoms with Crippen molar-refractivity contribution in [3.05, 3.63) is 63.7 Å². The predicted molar refractivity (Wildman–Crippen MR) is 104 cm³/mol. The summed E-state index contributed by atoms with van der Waals surface area (Å²) in [7, 11) is 1.78. The monoisotopic (exact) mass is 403 g/mol. The number of anilines is 1. The molecule has 0 aliphatic rings. The molecule has 0 radical (unpaired) electrons. The second-order valence-electron chi connectivity index (χ2n) is 5.46. The zero-order valence-electron chi connectivity index (χ0n) is 14.1. The Hall–Kier alpha value is -2.91. The van der Waals surface area contributed by atoms with E-state index in [1.54, 1.807) is 29.8 Å². The van der Waals surface area contributed by atoms with Gasteiger partial charge in [0.15, 0.2) is 11.0 Å². The molecule has 1 N–H and O–H groups in total. The maximum Gasteiger partial charge on any atom is 0.292 e. The van der Waals surface area contributed by atoms with Crippen molar-refractivity contribution in [2.45, 2.75) is 5.16 Å². The molecule has 0 aliphatic heterocycles. The molecule has 1 aromatic heterocycles. The molecule has 0 atom stereocenters. The predicted octanol–water partition coefficient (Wildman–Crippen LogP) is 3.77.